The van der Waals surface area contributed by atoms with Crippen molar-refractivity contribution in [1.29, 1.82) is 0 Å². The minimum absolute atomic E-state index is 0.0442. The van der Waals surface area contributed by atoms with Crippen LogP contribution in [-0.2, 0) is 16.4 Å². The third-order valence-corrected chi connectivity index (χ3v) is 8.79. The molecule has 4 rings (SSSR count). The molecule has 2 unspecified atom stereocenters. The summed E-state index contributed by atoms with van der Waals surface area (Å²) < 4.78 is 34.6. The van der Waals surface area contributed by atoms with Crippen molar-refractivity contribution in [1.82, 2.24) is 9.29 Å². The van der Waals surface area contributed by atoms with E-state index in [9.17, 15) is 8.42 Å². The quantitative estimate of drug-likeness (QED) is 0.799. The van der Waals surface area contributed by atoms with Gasteiger partial charge in [0.2, 0.25) is 0 Å². The number of ether oxygens (including phenoxy) is 1. The van der Waals surface area contributed by atoms with Gasteiger partial charge in [-0.3, -0.25) is 4.98 Å². The molecule has 134 valence electrons. The summed E-state index contributed by atoms with van der Waals surface area (Å²) in [5.74, 6) is 0.807. The van der Waals surface area contributed by atoms with Crippen molar-refractivity contribution in [3.63, 3.8) is 0 Å². The van der Waals surface area contributed by atoms with Crippen LogP contribution in [0.5, 0.6) is 5.75 Å². The summed E-state index contributed by atoms with van der Waals surface area (Å²) in [4.78, 5) is 5.11. The molecule has 0 radical (unpaired) electrons. The molecule has 0 spiro atoms. The SMILES string of the molecule is CCc1ccc(S(=O)(=O)N2C3CCC2CC(Oc2ccncc2)C3)s1. The molecule has 25 heavy (non-hydrogen) atoms. The van der Waals surface area contributed by atoms with Gasteiger partial charge < -0.3 is 4.74 Å². The van der Waals surface area contributed by atoms with Crippen LogP contribution in [0.3, 0.4) is 0 Å². The van der Waals surface area contributed by atoms with Crippen molar-refractivity contribution in [2.45, 2.75) is 61.4 Å². The normalized spacial score (nSPS) is 26.7. The van der Waals surface area contributed by atoms with E-state index in [-0.39, 0.29) is 18.2 Å². The minimum atomic E-state index is -3.40. The monoisotopic (exact) mass is 378 g/mol. The zero-order valence-electron chi connectivity index (χ0n) is 14.2. The maximum Gasteiger partial charge on any atom is 0.253 e. The lowest BCUT2D eigenvalue weighted by atomic mass is 10.0. The zero-order valence-corrected chi connectivity index (χ0v) is 15.8. The molecule has 2 bridgehead atoms. The highest BCUT2D eigenvalue weighted by atomic mass is 32.2. The summed E-state index contributed by atoms with van der Waals surface area (Å²) in [5.41, 5.74) is 0. The molecular weight excluding hydrogens is 356 g/mol. The van der Waals surface area contributed by atoms with Gasteiger partial charge in [-0.1, -0.05) is 6.92 Å². The second-order valence-corrected chi connectivity index (χ2v) is 9.93. The van der Waals surface area contributed by atoms with Gasteiger partial charge >= 0.3 is 0 Å². The van der Waals surface area contributed by atoms with Crippen molar-refractivity contribution < 1.29 is 13.2 Å². The van der Waals surface area contributed by atoms with Crippen LogP contribution in [0.1, 0.15) is 37.5 Å². The first-order valence-electron chi connectivity index (χ1n) is 8.77. The molecule has 0 aliphatic carbocycles. The van der Waals surface area contributed by atoms with E-state index in [4.69, 9.17) is 4.74 Å². The van der Waals surface area contributed by atoms with Crippen LogP contribution in [-0.4, -0.2) is 35.9 Å². The Kier molecular flexibility index (Phi) is 4.56. The average Bonchev–Trinajstić information content (AvgIpc) is 3.20. The fourth-order valence-electron chi connectivity index (χ4n) is 3.97. The molecule has 0 N–H and O–H groups in total. The van der Waals surface area contributed by atoms with Gasteiger partial charge in [0.1, 0.15) is 16.1 Å². The topological polar surface area (TPSA) is 59.5 Å². The molecule has 2 fully saturated rings. The van der Waals surface area contributed by atoms with Gasteiger partial charge in [0.25, 0.3) is 10.0 Å². The van der Waals surface area contributed by atoms with Crippen LogP contribution in [0, 0.1) is 0 Å². The predicted octanol–water partition coefficient (Wildman–Crippen LogP) is 3.47. The van der Waals surface area contributed by atoms with Crippen molar-refractivity contribution in [2.24, 2.45) is 0 Å². The lowest BCUT2D eigenvalue weighted by Gasteiger charge is -2.37. The molecule has 0 aromatic carbocycles. The van der Waals surface area contributed by atoms with Gasteiger partial charge in [-0.25, -0.2) is 8.42 Å². The second kappa shape index (κ2) is 6.70. The van der Waals surface area contributed by atoms with Crippen LogP contribution in [0.4, 0.5) is 0 Å². The molecule has 2 aromatic rings. The number of piperidine rings is 1. The van der Waals surface area contributed by atoms with E-state index >= 15 is 0 Å². The summed E-state index contributed by atoms with van der Waals surface area (Å²) in [6, 6.07) is 7.48. The Bertz CT molecular complexity index is 821. The minimum Gasteiger partial charge on any atom is -0.490 e. The Morgan fingerprint density at radius 1 is 1.16 bits per heavy atom. The van der Waals surface area contributed by atoms with Crippen LogP contribution in [0.15, 0.2) is 40.9 Å². The Hall–Kier alpha value is -1.44. The van der Waals surface area contributed by atoms with Crippen molar-refractivity contribution >= 4 is 21.4 Å². The third-order valence-electron chi connectivity index (χ3n) is 5.09. The summed E-state index contributed by atoms with van der Waals surface area (Å²) >= 11 is 1.40. The van der Waals surface area contributed by atoms with E-state index in [2.05, 4.69) is 4.98 Å². The van der Waals surface area contributed by atoms with Crippen LogP contribution in [0.2, 0.25) is 0 Å². The predicted molar refractivity (Wildman–Crippen MR) is 97.4 cm³/mol. The number of thiophene rings is 1. The lowest BCUT2D eigenvalue weighted by molar-refractivity contribution is 0.0957. The van der Waals surface area contributed by atoms with E-state index < -0.39 is 10.0 Å². The molecule has 7 heteroatoms. The summed E-state index contributed by atoms with van der Waals surface area (Å²) in [6.07, 6.45) is 7.72. The Labute approximate surface area is 152 Å². The lowest BCUT2D eigenvalue weighted by Crippen LogP contribution is -2.48. The molecule has 2 aliphatic rings. The second-order valence-electron chi connectivity index (χ2n) is 6.69. The molecule has 5 nitrogen and oxygen atoms in total. The highest BCUT2D eigenvalue weighted by molar-refractivity contribution is 7.91. The Morgan fingerprint density at radius 3 is 2.44 bits per heavy atom. The van der Waals surface area contributed by atoms with Crippen molar-refractivity contribution in [2.75, 3.05) is 0 Å². The third kappa shape index (κ3) is 3.20. The van der Waals surface area contributed by atoms with E-state index in [1.165, 1.54) is 11.3 Å². The maximum atomic E-state index is 13.1. The Balaban J connectivity index is 1.52. The van der Waals surface area contributed by atoms with E-state index in [0.29, 0.717) is 4.21 Å². The average molecular weight is 379 g/mol. The van der Waals surface area contributed by atoms with Gasteiger partial charge in [0, 0.05) is 42.2 Å². The molecule has 2 aromatic heterocycles. The number of sulfonamides is 1. The molecule has 4 heterocycles. The first-order valence-corrected chi connectivity index (χ1v) is 11.0. The highest BCUT2D eigenvalue weighted by Crippen LogP contribution is 2.42. The van der Waals surface area contributed by atoms with E-state index in [1.807, 2.05) is 25.1 Å². The number of hydrogen-bond donors (Lipinski definition) is 0. The van der Waals surface area contributed by atoms with Gasteiger partial charge in [0.15, 0.2) is 0 Å². The van der Waals surface area contributed by atoms with E-state index in [1.54, 1.807) is 22.8 Å². The molecule has 2 saturated heterocycles. The number of rotatable bonds is 5. The Morgan fingerprint density at radius 2 is 1.84 bits per heavy atom. The van der Waals surface area contributed by atoms with E-state index in [0.717, 1.165) is 42.7 Å². The number of aromatic nitrogens is 1. The smallest absolute Gasteiger partial charge is 0.253 e. The standard InChI is InChI=1S/C18H22N2O3S2/c1-2-17-5-6-18(24-17)25(21,22)20-13-3-4-14(20)12-16(11-13)23-15-7-9-19-10-8-15/h5-10,13-14,16H,2-4,11-12H2,1H3. The van der Waals surface area contributed by atoms with Gasteiger partial charge in [-0.05, 0) is 43.5 Å². The number of aryl methyl sites for hydroxylation is 1. The van der Waals surface area contributed by atoms with Crippen molar-refractivity contribution in [3.8, 4) is 5.75 Å². The largest absolute Gasteiger partial charge is 0.490 e. The first kappa shape index (κ1) is 17.0. The van der Waals surface area contributed by atoms with Crippen LogP contribution >= 0.6 is 11.3 Å². The summed E-state index contributed by atoms with van der Waals surface area (Å²) in [5, 5.41) is 0. The van der Waals surface area contributed by atoms with Gasteiger partial charge in [0.05, 0.1) is 0 Å². The molecule has 0 amide bonds. The van der Waals surface area contributed by atoms with Crippen LogP contribution in [0.25, 0.3) is 0 Å². The number of nitrogens with zero attached hydrogens (tertiary/aromatic N) is 2. The molecule has 2 aliphatic heterocycles. The van der Waals surface area contributed by atoms with Crippen molar-refractivity contribution in [3.05, 3.63) is 41.5 Å². The fraction of sp³-hybridized carbons (Fsp3) is 0.500. The van der Waals surface area contributed by atoms with Gasteiger partial charge in [-0.15, -0.1) is 11.3 Å². The zero-order chi connectivity index (χ0) is 17.4. The summed E-state index contributed by atoms with van der Waals surface area (Å²) in [6.45, 7) is 2.05. The van der Waals surface area contributed by atoms with Gasteiger partial charge in [-0.2, -0.15) is 4.31 Å². The molecular formula is C18H22N2O3S2. The highest BCUT2D eigenvalue weighted by Gasteiger charge is 2.48. The number of pyridine rings is 1. The summed E-state index contributed by atoms with van der Waals surface area (Å²) in [7, 11) is -3.40. The number of hydrogen-bond acceptors (Lipinski definition) is 5. The van der Waals surface area contributed by atoms with Crippen LogP contribution < -0.4 is 4.74 Å². The fourth-order valence-corrected chi connectivity index (χ4v) is 7.26. The maximum absolute atomic E-state index is 13.1. The molecule has 2 atom stereocenters. The molecule has 0 saturated carbocycles. The first-order chi connectivity index (χ1) is 12.1. The number of fused-ring (bicyclic) bond motifs is 2.